The Hall–Kier alpha value is -3.44. The van der Waals surface area contributed by atoms with E-state index in [4.69, 9.17) is 9.15 Å². The summed E-state index contributed by atoms with van der Waals surface area (Å²) in [5.74, 6) is 1.06. The van der Waals surface area contributed by atoms with Crippen LogP contribution in [0.1, 0.15) is 38.3 Å². The van der Waals surface area contributed by atoms with E-state index in [1.165, 1.54) is 5.56 Å². The first-order valence-electron chi connectivity index (χ1n) is 11.6. The van der Waals surface area contributed by atoms with Crippen LogP contribution in [0.2, 0.25) is 0 Å². The van der Waals surface area contributed by atoms with Crippen molar-refractivity contribution in [2.75, 3.05) is 13.1 Å². The number of rotatable bonds is 6. The number of para-hydroxylation sites is 1. The van der Waals surface area contributed by atoms with E-state index >= 15 is 0 Å². The Morgan fingerprint density at radius 1 is 1.00 bits per heavy atom. The monoisotopic (exact) mass is 443 g/mol. The molecule has 2 aromatic carbocycles. The number of ether oxygens (including phenoxy) is 1. The van der Waals surface area contributed by atoms with Crippen LogP contribution in [-0.4, -0.2) is 19.1 Å². The lowest BCUT2D eigenvalue weighted by molar-refractivity contribution is -0.568. The van der Waals surface area contributed by atoms with Gasteiger partial charge in [-0.2, -0.15) is 0 Å². The quantitative estimate of drug-likeness (QED) is 0.191. The lowest BCUT2D eigenvalue weighted by atomic mass is 9.91. The minimum atomic E-state index is -0.257. The molecule has 0 amide bonds. The topological polar surface area (TPSA) is 68.4 Å². The van der Waals surface area contributed by atoms with Gasteiger partial charge < -0.3 is 14.5 Å². The number of nitrogens with zero attached hydrogens (tertiary/aromatic N) is 1. The normalized spacial score (nSPS) is 12.0. The summed E-state index contributed by atoms with van der Waals surface area (Å²) in [7, 11) is 0. The molecule has 0 atom stereocenters. The molecule has 0 spiro atoms. The molecule has 5 nitrogen and oxygen atoms in total. The average Bonchev–Trinajstić information content (AvgIpc) is 2.80. The molecule has 0 bridgehead atoms. The first-order chi connectivity index (χ1) is 16.0. The minimum Gasteiger partial charge on any atom is -0.456 e. The summed E-state index contributed by atoms with van der Waals surface area (Å²) >= 11 is 0. The third-order valence-electron chi connectivity index (χ3n) is 5.85. The van der Waals surface area contributed by atoms with E-state index in [0.717, 1.165) is 56.6 Å². The second kappa shape index (κ2) is 9.59. The number of hydrogen-bond acceptors (Lipinski definition) is 4. The van der Waals surface area contributed by atoms with Gasteiger partial charge >= 0.3 is 5.97 Å². The van der Waals surface area contributed by atoms with Crippen LogP contribution in [0.3, 0.4) is 0 Å². The van der Waals surface area contributed by atoms with Crippen molar-refractivity contribution in [3.05, 3.63) is 65.0 Å². The van der Waals surface area contributed by atoms with Gasteiger partial charge in [-0.1, -0.05) is 25.1 Å². The predicted molar refractivity (Wildman–Crippen MR) is 132 cm³/mol. The van der Waals surface area contributed by atoms with E-state index in [1.807, 2.05) is 37.3 Å². The smallest absolute Gasteiger partial charge is 0.310 e. The van der Waals surface area contributed by atoms with Crippen molar-refractivity contribution in [1.29, 1.82) is 0 Å². The number of nitrogens with two attached hydrogens (primary N) is 1. The highest BCUT2D eigenvalue weighted by molar-refractivity contribution is 6.04. The molecule has 0 aromatic heterocycles. The van der Waals surface area contributed by atoms with E-state index in [2.05, 4.69) is 49.3 Å². The fraction of sp³-hybridized carbons (Fsp3) is 0.286. The summed E-state index contributed by atoms with van der Waals surface area (Å²) in [6, 6.07) is 16.1. The maximum absolute atomic E-state index is 12.2. The molecule has 0 saturated heterocycles. The molecular formula is C28H31N2O3+. The molecule has 1 aliphatic heterocycles. The molecule has 1 heterocycles. The molecule has 4 rings (SSSR count). The molecule has 2 aliphatic rings. The van der Waals surface area contributed by atoms with Gasteiger partial charge in [-0.25, -0.2) is 0 Å². The molecule has 0 radical (unpaired) electrons. The van der Waals surface area contributed by atoms with Crippen molar-refractivity contribution in [3.63, 3.8) is 0 Å². The summed E-state index contributed by atoms with van der Waals surface area (Å²) in [6.45, 7) is 11.8. The molecule has 2 aromatic rings. The van der Waals surface area contributed by atoms with Crippen molar-refractivity contribution in [2.24, 2.45) is 4.99 Å². The summed E-state index contributed by atoms with van der Waals surface area (Å²) in [5.41, 5.74) is 7.07. The van der Waals surface area contributed by atoms with E-state index in [0.29, 0.717) is 18.7 Å². The zero-order valence-corrected chi connectivity index (χ0v) is 20.0. The molecular weight excluding hydrogens is 412 g/mol. The van der Waals surface area contributed by atoms with Crippen LogP contribution in [0, 0.1) is 13.8 Å². The van der Waals surface area contributed by atoms with Gasteiger partial charge in [0, 0.05) is 52.7 Å². The predicted octanol–water partition coefficient (Wildman–Crippen LogP) is 5.27. The number of hydrogen-bond donors (Lipinski definition) is 1. The molecule has 170 valence electrons. The fourth-order valence-corrected chi connectivity index (χ4v) is 4.23. The highest BCUT2D eigenvalue weighted by Crippen LogP contribution is 2.44. The Morgan fingerprint density at radius 3 is 2.52 bits per heavy atom. The molecule has 33 heavy (non-hydrogen) atoms. The first kappa shape index (κ1) is 22.7. The highest BCUT2D eigenvalue weighted by Gasteiger charge is 2.22. The van der Waals surface area contributed by atoms with Crippen LogP contribution in [-0.2, 0) is 4.79 Å². The van der Waals surface area contributed by atoms with Crippen molar-refractivity contribution in [2.45, 2.75) is 41.0 Å². The number of carbonyl (C=O) groups is 1. The average molecular weight is 444 g/mol. The standard InChI is InChI=1S/C28H30N2O3/c1-6-27(31)33-24-12-10-9-11-19(24)28-20-13-17(4)22(29-7-2)15-25(20)32-26-16-23(30-8-3)18(5)14-21(26)28/h9-16,29H,6-8H2,1-5H3/p+1. The van der Waals surface area contributed by atoms with Crippen LogP contribution in [0.4, 0.5) is 5.69 Å². The SMILES string of the molecule is CCN=c1cc2oc3cc([NH2+]CC)c(C)cc3c(-c3ccccc3OC(=O)CC)c-2cc1C. The lowest BCUT2D eigenvalue weighted by Crippen LogP contribution is -2.77. The highest BCUT2D eigenvalue weighted by atomic mass is 16.5. The van der Waals surface area contributed by atoms with E-state index in [9.17, 15) is 4.79 Å². The van der Waals surface area contributed by atoms with Gasteiger partial charge in [0.1, 0.15) is 22.8 Å². The van der Waals surface area contributed by atoms with Gasteiger partial charge in [0.15, 0.2) is 0 Å². The van der Waals surface area contributed by atoms with E-state index in [-0.39, 0.29) is 5.97 Å². The molecule has 0 fully saturated rings. The van der Waals surface area contributed by atoms with E-state index in [1.54, 1.807) is 6.92 Å². The Kier molecular flexibility index (Phi) is 6.61. The summed E-state index contributed by atoms with van der Waals surface area (Å²) in [4.78, 5) is 16.8. The summed E-state index contributed by atoms with van der Waals surface area (Å²) in [6.07, 6.45) is 0.316. The molecule has 1 aliphatic carbocycles. The molecule has 0 saturated carbocycles. The number of esters is 1. The zero-order chi connectivity index (χ0) is 23.5. The van der Waals surface area contributed by atoms with Gasteiger partial charge in [0.2, 0.25) is 0 Å². The zero-order valence-electron chi connectivity index (χ0n) is 20.0. The number of quaternary nitrogens is 1. The van der Waals surface area contributed by atoms with Crippen molar-refractivity contribution in [1.82, 2.24) is 0 Å². The van der Waals surface area contributed by atoms with Gasteiger partial charge in [0.05, 0.1) is 11.9 Å². The van der Waals surface area contributed by atoms with Crippen LogP contribution >= 0.6 is 0 Å². The number of fused-ring (bicyclic) bond motifs is 2. The minimum absolute atomic E-state index is 0.257. The third kappa shape index (κ3) is 4.41. The van der Waals surface area contributed by atoms with Crippen LogP contribution < -0.4 is 15.4 Å². The van der Waals surface area contributed by atoms with Crippen molar-refractivity contribution in [3.8, 4) is 28.2 Å². The van der Waals surface area contributed by atoms with Crippen LogP contribution in [0.15, 0.2) is 57.9 Å². The maximum atomic E-state index is 12.2. The van der Waals surface area contributed by atoms with Crippen molar-refractivity contribution >= 4 is 22.6 Å². The van der Waals surface area contributed by atoms with E-state index < -0.39 is 0 Å². The van der Waals surface area contributed by atoms with Gasteiger partial charge in [-0.05, 0) is 51.5 Å². The number of aryl methyl sites for hydroxylation is 2. The lowest BCUT2D eigenvalue weighted by Gasteiger charge is -2.19. The van der Waals surface area contributed by atoms with Gasteiger partial charge in [0.25, 0.3) is 0 Å². The molecule has 0 unspecified atom stereocenters. The maximum Gasteiger partial charge on any atom is 0.310 e. The fourth-order valence-electron chi connectivity index (χ4n) is 4.23. The largest absolute Gasteiger partial charge is 0.456 e. The molecule has 5 heteroatoms. The Bertz CT molecular complexity index is 1370. The Morgan fingerprint density at radius 2 is 1.79 bits per heavy atom. The summed E-state index contributed by atoms with van der Waals surface area (Å²) in [5, 5.41) is 4.13. The second-order valence-corrected chi connectivity index (χ2v) is 8.23. The van der Waals surface area contributed by atoms with Crippen molar-refractivity contribution < 1.29 is 19.3 Å². The molecule has 2 N–H and O–H groups in total. The van der Waals surface area contributed by atoms with Gasteiger partial charge in [-0.3, -0.25) is 9.79 Å². The van der Waals surface area contributed by atoms with Crippen LogP contribution in [0.5, 0.6) is 5.75 Å². The Labute approximate surface area is 194 Å². The Balaban J connectivity index is 2.13. The number of carbonyl (C=O) groups excluding carboxylic acids is 1. The number of benzene rings is 3. The van der Waals surface area contributed by atoms with Gasteiger partial charge in [-0.15, -0.1) is 0 Å². The summed E-state index contributed by atoms with van der Waals surface area (Å²) < 4.78 is 12.2. The van der Waals surface area contributed by atoms with Crippen LogP contribution in [0.25, 0.3) is 33.4 Å². The first-order valence-corrected chi connectivity index (χ1v) is 11.6. The third-order valence-corrected chi connectivity index (χ3v) is 5.85. The second-order valence-electron chi connectivity index (χ2n) is 8.23.